The Morgan fingerprint density at radius 2 is 0.636 bits per heavy atom. The van der Waals surface area contributed by atoms with Gasteiger partial charge in [0.25, 0.3) is 13.4 Å². The van der Waals surface area contributed by atoms with Gasteiger partial charge in [0.05, 0.1) is 5.69 Å². The van der Waals surface area contributed by atoms with Crippen molar-refractivity contribution in [3.05, 3.63) is 363 Å². The molecule has 15 aromatic carbocycles. The normalized spacial score (nSPS) is 13.7. The van der Waals surface area contributed by atoms with Crippen LogP contribution in [0.5, 0.6) is 0 Å². The van der Waals surface area contributed by atoms with Gasteiger partial charge in [-0.05, 0) is 212 Å². The van der Waals surface area contributed by atoms with E-state index in [2.05, 4.69) is 395 Å². The summed E-state index contributed by atoms with van der Waals surface area (Å²) in [6.45, 7) is 4.61. The van der Waals surface area contributed by atoms with Crippen molar-refractivity contribution < 1.29 is 0 Å². The summed E-state index contributed by atoms with van der Waals surface area (Å²) in [5.41, 5.74) is 32.8. The summed E-state index contributed by atoms with van der Waals surface area (Å²) >= 11 is 0. The maximum Gasteiger partial charge on any atom is 0.252 e. The van der Waals surface area contributed by atoms with Gasteiger partial charge in [0.2, 0.25) is 0 Å². The van der Waals surface area contributed by atoms with E-state index in [1.807, 2.05) is 0 Å². The Kier molecular flexibility index (Phi) is 12.8. The van der Waals surface area contributed by atoms with Gasteiger partial charge in [-0.1, -0.05) is 214 Å². The van der Waals surface area contributed by atoms with Gasteiger partial charge in [-0.15, -0.1) is 0 Å². The fraction of sp³-hybridized carbons (Fsp3) is 0.0330. The topological polar surface area (TPSA) is 19.4 Å². The van der Waals surface area contributed by atoms with Crippen LogP contribution < -0.4 is 62.2 Å². The van der Waals surface area contributed by atoms with Crippen molar-refractivity contribution in [1.29, 1.82) is 0 Å². The molecule has 6 nitrogen and oxygen atoms in total. The fourth-order valence-corrected chi connectivity index (χ4v) is 17.4. The van der Waals surface area contributed by atoms with E-state index in [1.165, 1.54) is 88.9 Å². The second-order valence-electron chi connectivity index (χ2n) is 27.1. The van der Waals surface area contributed by atoms with E-state index in [1.54, 1.807) is 0 Å². The van der Waals surface area contributed by atoms with E-state index >= 15 is 0 Å². The molecule has 99 heavy (non-hydrogen) atoms. The highest BCUT2D eigenvalue weighted by atomic mass is 15.2. The number of para-hydroxylation sites is 10. The number of hydrogen-bond acceptors (Lipinski definition) is 6. The Morgan fingerprint density at radius 1 is 0.263 bits per heavy atom. The molecule has 8 heteroatoms. The van der Waals surface area contributed by atoms with Crippen molar-refractivity contribution in [2.24, 2.45) is 0 Å². The minimum absolute atomic E-state index is 0.166. The van der Waals surface area contributed by atoms with Crippen LogP contribution in [0.25, 0.3) is 21.9 Å². The van der Waals surface area contributed by atoms with Crippen LogP contribution in [-0.2, 0) is 5.41 Å². The zero-order valence-corrected chi connectivity index (χ0v) is 54.8. The molecule has 0 unspecified atom stereocenters. The van der Waals surface area contributed by atoms with Crippen molar-refractivity contribution in [2.75, 3.05) is 29.4 Å². The standard InChI is InChI=1S/C91H64B2N6/c1-91(2)75-57-71(95(64-35-15-5-16-36-64)65-37-17-6-18-38-65)52-54-73(75)74-58-85-88-90(86(74)91)98(68-43-23-9-24-44-68)81-50-30-28-48-77(81)93(88)78-59-79-83(60-82(78)97(85)67-41-21-8-22-42-67)99(69-45-25-10-26-46-69)89-72-53-51-70(94(62-31-11-3-12-32-62)63-33-13-4-14-34-63)55-61(72)56-84-87(89)92(79)76-47-27-29-49-80(76)96(84)66-39-19-7-20-40-66/h3-60H,1-2H3. The van der Waals surface area contributed by atoms with E-state index < -0.39 is 5.41 Å². The third kappa shape index (κ3) is 8.58. The molecule has 0 N–H and O–H groups in total. The first-order chi connectivity index (χ1) is 48.9. The first-order valence-corrected chi connectivity index (χ1v) is 34.5. The SMILES string of the molecule is CC1(C)c2cc(N(c3ccccc3)c3ccccc3)ccc2-c2cc3c4c(c21)N(c1ccccc1)c1ccccc1B4c1cc2c(cc1N3c1ccccc1)N(c1ccccc1)c1c3c(cc4cc(N(c5ccccc5)c5ccccc5)ccc14)N(c1ccccc1)c1ccccc1B23. The number of anilines is 18. The van der Waals surface area contributed by atoms with Gasteiger partial charge >= 0.3 is 0 Å². The minimum Gasteiger partial charge on any atom is -0.311 e. The van der Waals surface area contributed by atoms with Crippen LogP contribution in [0, 0.1) is 0 Å². The van der Waals surface area contributed by atoms with Gasteiger partial charge in [0.15, 0.2) is 0 Å². The summed E-state index contributed by atoms with van der Waals surface area (Å²) in [5.74, 6) is 0. The molecule has 0 bridgehead atoms. The molecule has 0 amide bonds. The van der Waals surface area contributed by atoms with Gasteiger partial charge < -0.3 is 29.4 Å². The van der Waals surface area contributed by atoms with Crippen LogP contribution >= 0.6 is 0 Å². The van der Waals surface area contributed by atoms with E-state index in [0.29, 0.717) is 0 Å². The first kappa shape index (κ1) is 56.8. The summed E-state index contributed by atoms with van der Waals surface area (Å²) in [5, 5.41) is 2.32. The molecule has 0 saturated heterocycles. The van der Waals surface area contributed by atoms with Gasteiger partial charge in [-0.3, -0.25) is 0 Å². The highest BCUT2D eigenvalue weighted by Crippen LogP contribution is 2.59. The van der Waals surface area contributed by atoms with E-state index in [-0.39, 0.29) is 13.4 Å². The van der Waals surface area contributed by atoms with Crippen LogP contribution in [0.3, 0.4) is 0 Å². The zero-order valence-electron chi connectivity index (χ0n) is 54.8. The largest absolute Gasteiger partial charge is 0.311 e. The van der Waals surface area contributed by atoms with Crippen molar-refractivity contribution in [1.82, 2.24) is 0 Å². The molecule has 464 valence electrons. The first-order valence-electron chi connectivity index (χ1n) is 34.5. The summed E-state index contributed by atoms with van der Waals surface area (Å²) in [4.78, 5) is 15.2. The summed E-state index contributed by atoms with van der Waals surface area (Å²) in [6, 6.07) is 131. The summed E-state index contributed by atoms with van der Waals surface area (Å²) in [7, 11) is 0. The highest BCUT2D eigenvalue weighted by Gasteiger charge is 2.52. The van der Waals surface area contributed by atoms with Crippen molar-refractivity contribution in [3.8, 4) is 11.1 Å². The Morgan fingerprint density at radius 3 is 1.13 bits per heavy atom. The number of benzene rings is 15. The Hall–Kier alpha value is -12.5. The molecule has 0 radical (unpaired) electrons. The predicted molar refractivity (Wildman–Crippen MR) is 419 cm³/mol. The number of rotatable bonds is 10. The van der Waals surface area contributed by atoms with Crippen LogP contribution in [0.4, 0.5) is 102 Å². The molecule has 4 heterocycles. The van der Waals surface area contributed by atoms with Crippen LogP contribution in [0.2, 0.25) is 0 Å². The smallest absolute Gasteiger partial charge is 0.252 e. The second kappa shape index (κ2) is 22.3. The van der Waals surface area contributed by atoms with Gasteiger partial charge in [-0.2, -0.15) is 0 Å². The van der Waals surface area contributed by atoms with E-state index in [0.717, 1.165) is 79.3 Å². The molecule has 0 fully saturated rings. The van der Waals surface area contributed by atoms with Crippen LogP contribution in [0.15, 0.2) is 352 Å². The molecule has 4 aliphatic heterocycles. The Bertz CT molecular complexity index is 5610. The molecule has 1 aliphatic carbocycles. The number of hydrogen-bond donors (Lipinski definition) is 0. The summed E-state index contributed by atoms with van der Waals surface area (Å²) < 4.78 is 0. The van der Waals surface area contributed by atoms with Gasteiger partial charge in [0.1, 0.15) is 0 Å². The van der Waals surface area contributed by atoms with Crippen molar-refractivity contribution in [3.63, 3.8) is 0 Å². The Labute approximate surface area is 578 Å². The van der Waals surface area contributed by atoms with Crippen molar-refractivity contribution in [2.45, 2.75) is 19.3 Å². The maximum absolute atomic E-state index is 2.67. The van der Waals surface area contributed by atoms with Crippen LogP contribution in [0.1, 0.15) is 25.0 Å². The number of fused-ring (bicyclic) bond motifs is 14. The molecule has 0 aromatic heterocycles. The van der Waals surface area contributed by atoms with Gasteiger partial charge in [-0.25, -0.2) is 0 Å². The lowest BCUT2D eigenvalue weighted by Gasteiger charge is -2.48. The zero-order chi connectivity index (χ0) is 65.5. The molecular weight excluding hydrogens is 1200 g/mol. The molecule has 5 aliphatic rings. The molecular formula is C91H64B2N6. The second-order valence-corrected chi connectivity index (χ2v) is 27.1. The maximum atomic E-state index is 2.67. The Balaban J connectivity index is 0.882. The third-order valence-corrected chi connectivity index (χ3v) is 21.4. The molecule has 15 aromatic rings. The summed E-state index contributed by atoms with van der Waals surface area (Å²) in [6.07, 6.45) is 0. The monoisotopic (exact) mass is 1260 g/mol. The fourth-order valence-electron chi connectivity index (χ4n) is 17.4. The average Bonchev–Trinajstić information content (AvgIpc) is 1.65. The third-order valence-electron chi connectivity index (χ3n) is 21.4. The lowest BCUT2D eigenvalue weighted by atomic mass is 9.30. The van der Waals surface area contributed by atoms with E-state index in [4.69, 9.17) is 0 Å². The predicted octanol–water partition coefficient (Wildman–Crippen LogP) is 20.3. The quantitative estimate of drug-likeness (QED) is 0.126. The van der Waals surface area contributed by atoms with Crippen molar-refractivity contribution >= 4 is 159 Å². The van der Waals surface area contributed by atoms with Gasteiger partial charge in [0, 0.05) is 107 Å². The molecule has 0 atom stereocenters. The molecule has 0 spiro atoms. The lowest BCUT2D eigenvalue weighted by Crippen LogP contribution is -2.65. The number of nitrogens with zero attached hydrogens (tertiary/aromatic N) is 6. The minimum atomic E-state index is -0.459. The highest BCUT2D eigenvalue weighted by molar-refractivity contribution is 7.03. The average molecular weight is 1260 g/mol. The van der Waals surface area contributed by atoms with Crippen LogP contribution in [-0.4, -0.2) is 13.4 Å². The lowest BCUT2D eigenvalue weighted by molar-refractivity contribution is 0.661. The van der Waals surface area contributed by atoms with E-state index in [9.17, 15) is 0 Å². The molecule has 0 saturated carbocycles. The molecule has 20 rings (SSSR count).